The zero-order chi connectivity index (χ0) is 21.4. The number of amides is 1. The van der Waals surface area contributed by atoms with Gasteiger partial charge in [0.15, 0.2) is 5.65 Å². The lowest BCUT2D eigenvalue weighted by Gasteiger charge is -2.41. The van der Waals surface area contributed by atoms with Gasteiger partial charge < -0.3 is 15.1 Å². The molecule has 2 atom stereocenters. The Morgan fingerprint density at radius 3 is 2.71 bits per heavy atom. The number of hydrogen-bond donors (Lipinski definition) is 1. The van der Waals surface area contributed by atoms with E-state index in [2.05, 4.69) is 25.3 Å². The topological polar surface area (TPSA) is 78.7 Å². The van der Waals surface area contributed by atoms with Crippen LogP contribution in [0.3, 0.4) is 0 Å². The highest BCUT2D eigenvalue weighted by atomic mass is 35.5. The zero-order valence-electron chi connectivity index (χ0n) is 16.9. The van der Waals surface area contributed by atoms with Crippen LogP contribution in [0.25, 0.3) is 5.65 Å². The first kappa shape index (κ1) is 20.1. The minimum absolute atomic E-state index is 0.118. The largest absolute Gasteiger partial charge is 0.347 e. The number of hydrogen-bond acceptors (Lipinski definition) is 6. The fraction of sp³-hybridized carbons (Fsp3) is 0.429. The summed E-state index contributed by atoms with van der Waals surface area (Å²) in [6, 6.07) is 7.34. The Morgan fingerprint density at radius 2 is 1.97 bits per heavy atom. The molecule has 0 radical (unpaired) electrons. The van der Waals surface area contributed by atoms with E-state index >= 15 is 0 Å². The van der Waals surface area contributed by atoms with Gasteiger partial charge in [-0.05, 0) is 37.1 Å². The molecule has 162 valence electrons. The zero-order valence-corrected chi connectivity index (χ0v) is 17.7. The maximum atomic E-state index is 14.1. The van der Waals surface area contributed by atoms with E-state index in [0.29, 0.717) is 42.4 Å². The Labute approximate surface area is 184 Å². The lowest BCUT2D eigenvalue weighted by Crippen LogP contribution is -2.56. The number of rotatable bonds is 6. The normalized spacial score (nSPS) is 20.6. The van der Waals surface area contributed by atoms with Gasteiger partial charge in [0.1, 0.15) is 18.0 Å². The van der Waals surface area contributed by atoms with Crippen LogP contribution in [-0.2, 0) is 11.3 Å². The highest BCUT2D eigenvalue weighted by molar-refractivity contribution is 6.30. The number of nitrogens with one attached hydrogen (secondary N) is 1. The molecule has 5 rings (SSSR count). The molecule has 2 bridgehead atoms. The van der Waals surface area contributed by atoms with Gasteiger partial charge in [-0.25, -0.2) is 18.9 Å². The van der Waals surface area contributed by atoms with Gasteiger partial charge in [0.2, 0.25) is 5.91 Å². The van der Waals surface area contributed by atoms with Crippen LogP contribution in [-0.4, -0.2) is 62.1 Å². The third-order valence-electron chi connectivity index (χ3n) is 6.10. The molecule has 2 aliphatic rings. The lowest BCUT2D eigenvalue weighted by atomic mass is 10.1. The number of fused-ring (bicyclic) bond motifs is 3. The summed E-state index contributed by atoms with van der Waals surface area (Å²) in [5.41, 5.74) is 1.00. The number of piperazine rings is 1. The summed E-state index contributed by atoms with van der Waals surface area (Å²) < 4.78 is 15.6. The van der Waals surface area contributed by atoms with Crippen molar-refractivity contribution >= 4 is 29.0 Å². The van der Waals surface area contributed by atoms with Gasteiger partial charge in [-0.3, -0.25) is 4.79 Å². The standard InChI is InChI=1S/C21H23ClFN7O/c22-14-1-5-19(25-9-14)29-15-2-3-16(29)12-28(11-15)21(31)7-8-24-10-18-17(23)4-6-20-26-13-27-30(18)20/h1,4-6,9,13,15-16,24H,2-3,7-8,10-12H2. The molecule has 0 aliphatic carbocycles. The van der Waals surface area contributed by atoms with Crippen molar-refractivity contribution in [2.45, 2.75) is 37.9 Å². The Balaban J connectivity index is 1.15. The first-order valence-corrected chi connectivity index (χ1v) is 10.8. The number of halogens is 2. The molecule has 2 saturated heterocycles. The van der Waals surface area contributed by atoms with Crippen LogP contribution < -0.4 is 10.2 Å². The maximum Gasteiger partial charge on any atom is 0.223 e. The number of pyridine rings is 2. The Kier molecular flexibility index (Phi) is 5.45. The molecule has 2 fully saturated rings. The smallest absolute Gasteiger partial charge is 0.223 e. The fourth-order valence-electron chi connectivity index (χ4n) is 4.64. The molecule has 0 saturated carbocycles. The minimum atomic E-state index is -0.347. The number of carbonyl (C=O) groups is 1. The minimum Gasteiger partial charge on any atom is -0.347 e. The third-order valence-corrected chi connectivity index (χ3v) is 6.33. The first-order valence-electron chi connectivity index (χ1n) is 10.5. The van der Waals surface area contributed by atoms with E-state index in [-0.39, 0.29) is 30.4 Å². The molecule has 3 aromatic rings. The molecular formula is C21H23ClFN7O. The summed E-state index contributed by atoms with van der Waals surface area (Å²) in [6.45, 7) is 2.15. The summed E-state index contributed by atoms with van der Waals surface area (Å²) in [4.78, 5) is 25.6. The molecule has 3 aromatic heterocycles. The Hall–Kier alpha value is -2.78. The second kappa shape index (κ2) is 8.39. The fourth-order valence-corrected chi connectivity index (χ4v) is 4.75. The van der Waals surface area contributed by atoms with E-state index < -0.39 is 0 Å². The molecule has 10 heteroatoms. The molecule has 2 unspecified atom stereocenters. The van der Waals surface area contributed by atoms with Gasteiger partial charge in [0.25, 0.3) is 0 Å². The van der Waals surface area contributed by atoms with E-state index in [0.717, 1.165) is 18.7 Å². The maximum absolute atomic E-state index is 14.1. The van der Waals surface area contributed by atoms with Crippen molar-refractivity contribution in [1.29, 1.82) is 0 Å². The van der Waals surface area contributed by atoms with Crippen LogP contribution in [0.4, 0.5) is 10.2 Å². The number of anilines is 1. The molecule has 0 spiro atoms. The lowest BCUT2D eigenvalue weighted by molar-refractivity contribution is -0.132. The van der Waals surface area contributed by atoms with Crippen LogP contribution in [0.15, 0.2) is 36.8 Å². The van der Waals surface area contributed by atoms with Gasteiger partial charge in [-0.1, -0.05) is 11.6 Å². The van der Waals surface area contributed by atoms with Crippen LogP contribution in [0.5, 0.6) is 0 Å². The van der Waals surface area contributed by atoms with Crippen molar-refractivity contribution < 1.29 is 9.18 Å². The second-order valence-corrected chi connectivity index (χ2v) is 8.45. The number of likely N-dealkylation sites (tertiary alicyclic amines) is 1. The van der Waals surface area contributed by atoms with Crippen LogP contribution in [0.2, 0.25) is 5.02 Å². The first-order chi connectivity index (χ1) is 15.1. The van der Waals surface area contributed by atoms with Crippen LogP contribution in [0, 0.1) is 5.82 Å². The van der Waals surface area contributed by atoms with Crippen molar-refractivity contribution in [3.05, 3.63) is 53.3 Å². The summed E-state index contributed by atoms with van der Waals surface area (Å²) in [5.74, 6) is 0.697. The van der Waals surface area contributed by atoms with Crippen LogP contribution >= 0.6 is 11.6 Å². The summed E-state index contributed by atoms with van der Waals surface area (Å²) in [6.07, 6.45) is 5.54. The monoisotopic (exact) mass is 443 g/mol. The summed E-state index contributed by atoms with van der Waals surface area (Å²) >= 11 is 5.97. The number of carbonyl (C=O) groups excluding carboxylic acids is 1. The SMILES string of the molecule is O=C(CCNCc1c(F)ccc2ncnn12)N1CC2CCC(C1)N2c1ccc(Cl)cn1. The number of aromatic nitrogens is 4. The molecule has 31 heavy (non-hydrogen) atoms. The van der Waals surface area contributed by atoms with Crippen molar-refractivity contribution in [3.63, 3.8) is 0 Å². The van der Waals surface area contributed by atoms with Gasteiger partial charge in [0, 0.05) is 50.9 Å². The molecule has 0 aromatic carbocycles. The van der Waals surface area contributed by atoms with Gasteiger partial charge in [-0.15, -0.1) is 0 Å². The van der Waals surface area contributed by atoms with Crippen molar-refractivity contribution in [2.75, 3.05) is 24.5 Å². The van der Waals surface area contributed by atoms with Crippen molar-refractivity contribution in [2.24, 2.45) is 0 Å². The Bertz CT molecular complexity index is 1080. The van der Waals surface area contributed by atoms with E-state index in [1.807, 2.05) is 17.0 Å². The highest BCUT2D eigenvalue weighted by Crippen LogP contribution is 2.34. The molecular weight excluding hydrogens is 421 g/mol. The predicted molar refractivity (Wildman–Crippen MR) is 114 cm³/mol. The van der Waals surface area contributed by atoms with E-state index in [4.69, 9.17) is 11.6 Å². The quantitative estimate of drug-likeness (QED) is 0.589. The van der Waals surface area contributed by atoms with E-state index in [1.54, 1.807) is 12.3 Å². The van der Waals surface area contributed by atoms with E-state index in [1.165, 1.54) is 16.9 Å². The molecule has 1 amide bonds. The van der Waals surface area contributed by atoms with Gasteiger partial charge >= 0.3 is 0 Å². The second-order valence-electron chi connectivity index (χ2n) is 8.01. The van der Waals surface area contributed by atoms with Gasteiger partial charge in [-0.2, -0.15) is 5.10 Å². The van der Waals surface area contributed by atoms with Crippen LogP contribution in [0.1, 0.15) is 25.0 Å². The molecule has 8 nitrogen and oxygen atoms in total. The van der Waals surface area contributed by atoms with Crippen molar-refractivity contribution in [3.8, 4) is 0 Å². The molecule has 5 heterocycles. The molecule has 1 N–H and O–H groups in total. The van der Waals surface area contributed by atoms with Crippen molar-refractivity contribution in [1.82, 2.24) is 29.8 Å². The number of nitrogens with zero attached hydrogens (tertiary/aromatic N) is 6. The Morgan fingerprint density at radius 1 is 1.16 bits per heavy atom. The van der Waals surface area contributed by atoms with E-state index in [9.17, 15) is 9.18 Å². The highest BCUT2D eigenvalue weighted by Gasteiger charge is 2.41. The van der Waals surface area contributed by atoms with Gasteiger partial charge in [0.05, 0.1) is 10.7 Å². The predicted octanol–water partition coefficient (Wildman–Crippen LogP) is 2.28. The average Bonchev–Trinajstić information content (AvgIpc) is 3.34. The third kappa shape index (κ3) is 3.95. The average molecular weight is 444 g/mol. The molecule has 2 aliphatic heterocycles. The summed E-state index contributed by atoms with van der Waals surface area (Å²) in [7, 11) is 0. The summed E-state index contributed by atoms with van der Waals surface area (Å²) in [5, 5.41) is 7.85.